The van der Waals surface area contributed by atoms with Crippen molar-refractivity contribution >= 4 is 80.9 Å². The van der Waals surface area contributed by atoms with E-state index in [4.69, 9.17) is 0 Å². The van der Waals surface area contributed by atoms with E-state index in [-0.39, 0.29) is 0 Å². The molecule has 0 saturated heterocycles. The lowest BCUT2D eigenvalue weighted by Crippen LogP contribution is -2.26. The Morgan fingerprint density at radius 3 is 1.33 bits per heavy atom. The second-order valence-electron chi connectivity index (χ2n) is 18.7. The largest absolute Gasteiger partial charge is 0.310 e. The van der Waals surface area contributed by atoms with Gasteiger partial charge in [-0.2, -0.15) is 0 Å². The van der Waals surface area contributed by atoms with Crippen LogP contribution in [0.15, 0.2) is 249 Å². The fourth-order valence-electron chi connectivity index (χ4n) is 12.3. The van der Waals surface area contributed by atoms with Crippen molar-refractivity contribution in [3.63, 3.8) is 0 Å². The van der Waals surface area contributed by atoms with E-state index in [9.17, 15) is 0 Å². The van der Waals surface area contributed by atoms with Gasteiger partial charge in [0, 0.05) is 37.2 Å². The molecular formula is C67H41NS. The van der Waals surface area contributed by atoms with Crippen LogP contribution in [0.1, 0.15) is 22.3 Å². The molecule has 1 aromatic heterocycles. The lowest BCUT2D eigenvalue weighted by molar-refractivity contribution is 0.793. The maximum atomic E-state index is 2.50. The van der Waals surface area contributed by atoms with Gasteiger partial charge in [0.2, 0.25) is 0 Å². The highest BCUT2D eigenvalue weighted by atomic mass is 32.1. The van der Waals surface area contributed by atoms with E-state index in [1.807, 2.05) is 11.3 Å². The Labute approximate surface area is 404 Å². The summed E-state index contributed by atoms with van der Waals surface area (Å²) in [6.07, 6.45) is 0. The maximum absolute atomic E-state index is 2.50. The summed E-state index contributed by atoms with van der Waals surface area (Å²) in [5.74, 6) is 0. The molecule has 69 heavy (non-hydrogen) atoms. The van der Waals surface area contributed by atoms with Crippen LogP contribution in [-0.2, 0) is 5.41 Å². The number of fused-ring (bicyclic) bond motifs is 19. The third-order valence-electron chi connectivity index (χ3n) is 15.3. The zero-order valence-electron chi connectivity index (χ0n) is 37.5. The van der Waals surface area contributed by atoms with Crippen molar-refractivity contribution < 1.29 is 0 Å². The molecule has 0 unspecified atom stereocenters. The molecule has 15 rings (SSSR count). The van der Waals surface area contributed by atoms with E-state index >= 15 is 0 Å². The molecule has 0 amide bonds. The molecular weight excluding hydrogens is 851 g/mol. The molecule has 1 nitrogen and oxygen atoms in total. The average Bonchev–Trinajstić information content (AvgIpc) is 4.05. The molecule has 2 aliphatic carbocycles. The van der Waals surface area contributed by atoms with Gasteiger partial charge in [0.1, 0.15) is 0 Å². The second-order valence-corrected chi connectivity index (χ2v) is 19.8. The number of nitrogens with zero attached hydrogens (tertiary/aromatic N) is 1. The third kappa shape index (κ3) is 5.52. The van der Waals surface area contributed by atoms with E-state index in [2.05, 4.69) is 254 Å². The van der Waals surface area contributed by atoms with Crippen LogP contribution in [0.25, 0.3) is 97.0 Å². The Bertz CT molecular complexity index is 4170. The van der Waals surface area contributed by atoms with Gasteiger partial charge in [0.05, 0.1) is 5.41 Å². The Kier molecular flexibility index (Phi) is 8.22. The Morgan fingerprint density at radius 1 is 0.246 bits per heavy atom. The highest BCUT2D eigenvalue weighted by Gasteiger charge is 2.51. The van der Waals surface area contributed by atoms with E-state index in [0.717, 1.165) is 17.1 Å². The lowest BCUT2D eigenvalue weighted by Gasteiger charge is -2.32. The third-order valence-corrected chi connectivity index (χ3v) is 16.4. The van der Waals surface area contributed by atoms with Crippen molar-refractivity contribution in [3.8, 4) is 44.5 Å². The number of benzene rings is 12. The molecule has 1 heterocycles. The van der Waals surface area contributed by atoms with Gasteiger partial charge in [-0.05, 0) is 154 Å². The summed E-state index contributed by atoms with van der Waals surface area (Å²) in [6, 6.07) is 93.2. The van der Waals surface area contributed by atoms with Crippen molar-refractivity contribution in [1.82, 2.24) is 0 Å². The van der Waals surface area contributed by atoms with E-state index < -0.39 is 5.41 Å². The molecule has 0 atom stereocenters. The van der Waals surface area contributed by atoms with E-state index in [1.54, 1.807) is 0 Å². The van der Waals surface area contributed by atoms with Crippen molar-refractivity contribution in [1.29, 1.82) is 0 Å². The first-order valence-electron chi connectivity index (χ1n) is 23.9. The van der Waals surface area contributed by atoms with Crippen LogP contribution in [0.2, 0.25) is 0 Å². The lowest BCUT2D eigenvalue weighted by atomic mass is 9.70. The van der Waals surface area contributed by atoms with Crippen LogP contribution in [0, 0.1) is 0 Å². The fraction of sp³-hybridized carbons (Fsp3) is 0.0149. The zero-order chi connectivity index (χ0) is 45.2. The van der Waals surface area contributed by atoms with Crippen LogP contribution in [0.5, 0.6) is 0 Å². The van der Waals surface area contributed by atoms with Gasteiger partial charge in [-0.1, -0.05) is 194 Å². The topological polar surface area (TPSA) is 3.24 Å². The second kappa shape index (κ2) is 14.7. The highest BCUT2D eigenvalue weighted by Crippen LogP contribution is 2.63. The molecule has 0 N–H and O–H groups in total. The number of rotatable bonds is 5. The Morgan fingerprint density at radius 2 is 0.681 bits per heavy atom. The molecule has 2 heteroatoms. The Hall–Kier alpha value is -8.56. The van der Waals surface area contributed by atoms with Gasteiger partial charge in [0.15, 0.2) is 0 Å². The zero-order valence-corrected chi connectivity index (χ0v) is 38.3. The summed E-state index contributed by atoms with van der Waals surface area (Å²) in [5.41, 5.74) is 18.3. The van der Waals surface area contributed by atoms with Gasteiger partial charge >= 0.3 is 0 Å². The first-order valence-corrected chi connectivity index (χ1v) is 24.7. The van der Waals surface area contributed by atoms with Gasteiger partial charge < -0.3 is 4.90 Å². The number of anilines is 3. The van der Waals surface area contributed by atoms with Gasteiger partial charge in [-0.25, -0.2) is 0 Å². The molecule has 0 radical (unpaired) electrons. The standard InChI is InChI=1S/C67H41NS/c1-2-18-51-49(16-1)50-17-3-4-19-52(50)60-40-47(33-36-53(51)60)68(46-31-28-42(29-32-46)43-14-13-15-44(38-43)45-30-35-59-58-23-8-12-27-65(58)69-66(59)39-45)48-34-37-57-56-22-7-11-26-63(56)67(64(57)41-48)61-24-9-5-20-54(61)55-21-6-10-25-62(55)67/h1-41H. The van der Waals surface area contributed by atoms with Crippen LogP contribution < -0.4 is 4.90 Å². The minimum atomic E-state index is -0.449. The molecule has 0 saturated carbocycles. The maximum Gasteiger partial charge on any atom is 0.0726 e. The number of hydrogen-bond donors (Lipinski definition) is 0. The first kappa shape index (κ1) is 38.5. The van der Waals surface area contributed by atoms with Crippen LogP contribution in [0.4, 0.5) is 17.1 Å². The smallest absolute Gasteiger partial charge is 0.0726 e. The van der Waals surface area contributed by atoms with Crippen molar-refractivity contribution in [2.24, 2.45) is 0 Å². The highest BCUT2D eigenvalue weighted by molar-refractivity contribution is 7.25. The van der Waals surface area contributed by atoms with Gasteiger partial charge in [0.25, 0.3) is 0 Å². The summed E-state index contributed by atoms with van der Waals surface area (Å²) in [5, 5.41) is 10.3. The minimum absolute atomic E-state index is 0.449. The molecule has 12 aromatic carbocycles. The van der Waals surface area contributed by atoms with Crippen molar-refractivity contribution in [2.45, 2.75) is 5.41 Å². The molecule has 0 bridgehead atoms. The predicted octanol–water partition coefficient (Wildman–Crippen LogP) is 18.7. The molecule has 0 fully saturated rings. The molecule has 320 valence electrons. The molecule has 1 spiro atoms. The quantitative estimate of drug-likeness (QED) is 0.156. The van der Waals surface area contributed by atoms with E-state index in [1.165, 1.54) is 119 Å². The number of thiophene rings is 1. The molecule has 2 aliphatic rings. The molecule has 0 aliphatic heterocycles. The SMILES string of the molecule is c1cc(-c2ccc(N(c3ccc4c(c3)C3(c5ccccc5-c5ccccc53)c3ccccc3-4)c3ccc4c5ccccc5c5ccccc5c4c3)cc2)cc(-c2ccc3c(c2)sc2ccccc23)c1. The van der Waals surface area contributed by atoms with Crippen LogP contribution in [-0.4, -0.2) is 0 Å². The van der Waals surface area contributed by atoms with Gasteiger partial charge in [-0.15, -0.1) is 11.3 Å². The summed E-state index contributed by atoms with van der Waals surface area (Å²) in [6.45, 7) is 0. The first-order chi connectivity index (χ1) is 34.2. The monoisotopic (exact) mass is 891 g/mol. The summed E-state index contributed by atoms with van der Waals surface area (Å²) >= 11 is 1.87. The van der Waals surface area contributed by atoms with Crippen LogP contribution in [0.3, 0.4) is 0 Å². The average molecular weight is 892 g/mol. The predicted molar refractivity (Wildman–Crippen MR) is 294 cm³/mol. The van der Waals surface area contributed by atoms with Crippen LogP contribution >= 0.6 is 11.3 Å². The summed E-state index contributed by atoms with van der Waals surface area (Å²) < 4.78 is 2.65. The van der Waals surface area contributed by atoms with Gasteiger partial charge in [-0.3, -0.25) is 0 Å². The molecule has 13 aromatic rings. The fourth-order valence-corrected chi connectivity index (χ4v) is 13.4. The minimum Gasteiger partial charge on any atom is -0.310 e. The summed E-state index contributed by atoms with van der Waals surface area (Å²) in [7, 11) is 0. The van der Waals surface area contributed by atoms with Crippen molar-refractivity contribution in [2.75, 3.05) is 4.90 Å². The van der Waals surface area contributed by atoms with Crippen molar-refractivity contribution in [3.05, 3.63) is 271 Å². The normalized spacial score (nSPS) is 13.0. The number of hydrogen-bond acceptors (Lipinski definition) is 2. The summed E-state index contributed by atoms with van der Waals surface area (Å²) in [4.78, 5) is 2.48. The Balaban J connectivity index is 0.913. The van der Waals surface area contributed by atoms with E-state index in [0.29, 0.717) is 0 Å².